The third kappa shape index (κ3) is 3.30. The first-order valence-electron chi connectivity index (χ1n) is 9.00. The Kier molecular flexibility index (Phi) is 4.83. The van der Waals surface area contributed by atoms with Crippen LogP contribution in [0.15, 0.2) is 46.9 Å². The van der Waals surface area contributed by atoms with E-state index in [0.717, 1.165) is 38.9 Å². The van der Waals surface area contributed by atoms with E-state index in [2.05, 4.69) is 32.7 Å². The molecule has 5 nitrogen and oxygen atoms in total. The Morgan fingerprint density at radius 3 is 2.96 bits per heavy atom. The van der Waals surface area contributed by atoms with Crippen molar-refractivity contribution in [2.24, 2.45) is 0 Å². The molecule has 0 saturated heterocycles. The van der Waals surface area contributed by atoms with Gasteiger partial charge in [-0.2, -0.15) is 0 Å². The van der Waals surface area contributed by atoms with Crippen LogP contribution in [0.5, 0.6) is 11.5 Å². The third-order valence-corrected chi connectivity index (χ3v) is 5.43. The number of ether oxygens (including phenoxy) is 2. The lowest BCUT2D eigenvalue weighted by atomic mass is 10.2. The van der Waals surface area contributed by atoms with Crippen molar-refractivity contribution < 1.29 is 14.3 Å². The number of nitrogens with one attached hydrogen (secondary N) is 1. The number of rotatable bonds is 5. The molecule has 2 aromatic carbocycles. The van der Waals surface area contributed by atoms with Gasteiger partial charge in [0.15, 0.2) is 0 Å². The summed E-state index contributed by atoms with van der Waals surface area (Å²) in [6.07, 6.45) is 0.969. The van der Waals surface area contributed by atoms with E-state index in [0.29, 0.717) is 18.8 Å². The van der Waals surface area contributed by atoms with Crippen LogP contribution in [0.3, 0.4) is 0 Å². The first-order chi connectivity index (χ1) is 13.1. The molecule has 6 heteroatoms. The molecule has 0 radical (unpaired) electrons. The number of halogens is 1. The van der Waals surface area contributed by atoms with Gasteiger partial charge < -0.3 is 19.4 Å². The lowest BCUT2D eigenvalue weighted by molar-refractivity contribution is 0.0935. The van der Waals surface area contributed by atoms with Crippen molar-refractivity contribution in [3.8, 4) is 11.5 Å². The van der Waals surface area contributed by atoms with Gasteiger partial charge in [0, 0.05) is 22.0 Å². The highest BCUT2D eigenvalue weighted by molar-refractivity contribution is 9.10. The minimum atomic E-state index is -0.101. The average molecular weight is 429 g/mol. The van der Waals surface area contributed by atoms with Gasteiger partial charge in [0.1, 0.15) is 23.3 Å². The van der Waals surface area contributed by atoms with Crippen LogP contribution in [0.4, 0.5) is 0 Å². The maximum absolute atomic E-state index is 13.0. The van der Waals surface area contributed by atoms with E-state index in [-0.39, 0.29) is 12.0 Å². The number of amides is 1. The van der Waals surface area contributed by atoms with Gasteiger partial charge in [-0.25, -0.2) is 0 Å². The molecule has 27 heavy (non-hydrogen) atoms. The lowest BCUT2D eigenvalue weighted by Crippen LogP contribution is -2.31. The summed E-state index contributed by atoms with van der Waals surface area (Å²) in [7, 11) is 1.63. The molecule has 4 rings (SSSR count). The second-order valence-electron chi connectivity index (χ2n) is 6.62. The maximum atomic E-state index is 13.0. The Bertz CT molecular complexity index is 1010. The van der Waals surface area contributed by atoms with Crippen molar-refractivity contribution in [3.63, 3.8) is 0 Å². The number of carbonyl (C=O) groups is 1. The Balaban J connectivity index is 1.63. The molecule has 2 heterocycles. The Morgan fingerprint density at radius 1 is 1.33 bits per heavy atom. The number of benzene rings is 2. The molecule has 1 N–H and O–H groups in total. The minimum absolute atomic E-state index is 0.0761. The van der Waals surface area contributed by atoms with Crippen LogP contribution in [-0.4, -0.2) is 23.7 Å². The summed E-state index contributed by atoms with van der Waals surface area (Å²) in [6.45, 7) is 3.17. The van der Waals surface area contributed by atoms with Crippen LogP contribution in [0.2, 0.25) is 0 Å². The second kappa shape index (κ2) is 7.27. The van der Waals surface area contributed by atoms with Crippen molar-refractivity contribution in [3.05, 3.63) is 58.2 Å². The van der Waals surface area contributed by atoms with Crippen LogP contribution in [0, 0.1) is 0 Å². The molecule has 1 atom stereocenters. The fraction of sp³-hybridized carbons (Fsp3) is 0.286. The summed E-state index contributed by atoms with van der Waals surface area (Å²) >= 11 is 3.47. The van der Waals surface area contributed by atoms with Gasteiger partial charge in [0.05, 0.1) is 19.2 Å². The summed E-state index contributed by atoms with van der Waals surface area (Å²) < 4.78 is 14.5. The molecule has 0 unspecified atom stereocenters. The van der Waals surface area contributed by atoms with E-state index >= 15 is 0 Å². The molecule has 0 saturated carbocycles. The topological polar surface area (TPSA) is 52.5 Å². The Labute approximate surface area is 166 Å². The van der Waals surface area contributed by atoms with Crippen molar-refractivity contribution in [2.75, 3.05) is 7.11 Å². The zero-order valence-electron chi connectivity index (χ0n) is 15.3. The molecule has 3 aromatic rings. The summed E-state index contributed by atoms with van der Waals surface area (Å²) in [4.78, 5) is 13.0. The monoisotopic (exact) mass is 428 g/mol. The van der Waals surface area contributed by atoms with E-state index < -0.39 is 0 Å². The molecule has 1 aliphatic heterocycles. The summed E-state index contributed by atoms with van der Waals surface area (Å²) in [5.41, 5.74) is 2.57. The van der Waals surface area contributed by atoms with E-state index in [1.807, 2.05) is 42.5 Å². The summed E-state index contributed by atoms with van der Waals surface area (Å²) in [5.74, 6) is 1.50. The molecule has 1 aliphatic rings. The molecule has 0 aliphatic carbocycles. The van der Waals surface area contributed by atoms with Crippen molar-refractivity contribution in [1.29, 1.82) is 0 Å². The molecule has 0 bridgehead atoms. The highest BCUT2D eigenvalue weighted by Crippen LogP contribution is 2.34. The molecule has 1 aromatic heterocycles. The zero-order valence-corrected chi connectivity index (χ0v) is 16.9. The molecule has 0 spiro atoms. The Morgan fingerprint density at radius 2 is 2.19 bits per heavy atom. The molecule has 140 valence electrons. The van der Waals surface area contributed by atoms with Gasteiger partial charge in [-0.3, -0.25) is 4.79 Å². The largest absolute Gasteiger partial charge is 0.496 e. The van der Waals surface area contributed by atoms with Crippen LogP contribution in [-0.2, 0) is 13.1 Å². The number of aromatic nitrogens is 1. The quantitative estimate of drug-likeness (QED) is 0.649. The normalized spacial score (nSPS) is 15.4. The van der Waals surface area contributed by atoms with Crippen LogP contribution in [0.25, 0.3) is 10.9 Å². The Hall–Kier alpha value is -2.47. The van der Waals surface area contributed by atoms with E-state index in [9.17, 15) is 4.79 Å². The van der Waals surface area contributed by atoms with Gasteiger partial charge in [-0.15, -0.1) is 0 Å². The van der Waals surface area contributed by atoms with Crippen molar-refractivity contribution >= 4 is 32.7 Å². The first-order valence-corrected chi connectivity index (χ1v) is 9.79. The van der Waals surface area contributed by atoms with Gasteiger partial charge >= 0.3 is 0 Å². The predicted octanol–water partition coefficient (Wildman–Crippen LogP) is 4.51. The highest BCUT2D eigenvalue weighted by atomic mass is 79.9. The van der Waals surface area contributed by atoms with Crippen molar-refractivity contribution in [2.45, 2.75) is 32.5 Å². The van der Waals surface area contributed by atoms with Crippen LogP contribution in [0.1, 0.15) is 29.4 Å². The van der Waals surface area contributed by atoms with Gasteiger partial charge in [0.2, 0.25) is 0 Å². The fourth-order valence-electron chi connectivity index (χ4n) is 3.55. The second-order valence-corrected chi connectivity index (χ2v) is 7.54. The smallest absolute Gasteiger partial charge is 0.268 e. The predicted molar refractivity (Wildman–Crippen MR) is 109 cm³/mol. The number of methoxy groups -OCH3 is 1. The lowest BCUT2D eigenvalue weighted by Gasteiger charge is -2.26. The minimum Gasteiger partial charge on any atom is -0.496 e. The maximum Gasteiger partial charge on any atom is 0.268 e. The number of nitrogens with zero attached hydrogens (tertiary/aromatic N) is 1. The van der Waals surface area contributed by atoms with E-state index in [1.54, 1.807) is 7.11 Å². The highest BCUT2D eigenvalue weighted by Gasteiger charge is 2.25. The van der Waals surface area contributed by atoms with E-state index in [4.69, 9.17) is 9.47 Å². The number of hydrogen-bond donors (Lipinski definition) is 1. The molecule has 0 fully saturated rings. The number of para-hydroxylation sites is 1. The standard InChI is InChI=1S/C21H21BrN2O3/c1-3-16-12-24-17(10-13-5-4-6-19(27-16)20(13)24)21(25)23-11-14-9-15(22)7-8-18(14)26-2/h4-10,16H,3,11-12H2,1-2H3,(H,23,25)/t16-/m1/s1. The van der Waals surface area contributed by atoms with Crippen LogP contribution >= 0.6 is 15.9 Å². The number of hydrogen-bond acceptors (Lipinski definition) is 3. The molecular formula is C21H21BrN2O3. The van der Waals surface area contributed by atoms with Gasteiger partial charge in [-0.1, -0.05) is 35.0 Å². The summed E-state index contributed by atoms with van der Waals surface area (Å²) in [5, 5.41) is 4.05. The third-order valence-electron chi connectivity index (χ3n) is 4.93. The van der Waals surface area contributed by atoms with Gasteiger partial charge in [-0.05, 0) is 36.8 Å². The molecular weight excluding hydrogens is 408 g/mol. The fourth-order valence-corrected chi connectivity index (χ4v) is 3.96. The number of carbonyl (C=O) groups excluding carboxylic acids is 1. The zero-order chi connectivity index (χ0) is 19.0. The average Bonchev–Trinajstić information content (AvgIpc) is 3.06. The summed E-state index contributed by atoms with van der Waals surface area (Å²) in [6, 6.07) is 13.6. The van der Waals surface area contributed by atoms with E-state index in [1.165, 1.54) is 0 Å². The van der Waals surface area contributed by atoms with Crippen molar-refractivity contribution in [1.82, 2.24) is 9.88 Å². The SMILES string of the molecule is CC[C@@H]1Cn2c(C(=O)NCc3cc(Br)ccc3OC)cc3cccc(c32)O1. The van der Waals surface area contributed by atoms with Crippen LogP contribution < -0.4 is 14.8 Å². The van der Waals surface area contributed by atoms with Gasteiger partial charge in [0.25, 0.3) is 5.91 Å². The molecule has 1 amide bonds. The first kappa shape index (κ1) is 17.9.